The number of ether oxygens (including phenoxy) is 2. The first-order valence-electron chi connectivity index (χ1n) is 8.37. The second-order valence-electron chi connectivity index (χ2n) is 6.33. The highest BCUT2D eigenvalue weighted by Gasteiger charge is 2.22. The molecule has 0 saturated carbocycles. The number of rotatable bonds is 6. The second-order valence-corrected chi connectivity index (χ2v) is 6.33. The van der Waals surface area contributed by atoms with Gasteiger partial charge in [-0.15, -0.1) is 0 Å². The molecular formula is C18H28N2O3. The molecule has 1 aromatic carbocycles. The van der Waals surface area contributed by atoms with Gasteiger partial charge in [0, 0.05) is 5.92 Å². The van der Waals surface area contributed by atoms with Gasteiger partial charge in [0.05, 0.1) is 19.3 Å². The Kier molecular flexibility index (Phi) is 6.28. The minimum Gasteiger partial charge on any atom is -0.493 e. The van der Waals surface area contributed by atoms with E-state index in [9.17, 15) is 4.79 Å². The van der Waals surface area contributed by atoms with Crippen LogP contribution >= 0.6 is 0 Å². The Labute approximate surface area is 138 Å². The lowest BCUT2D eigenvalue weighted by molar-refractivity contribution is -0.126. The lowest BCUT2D eigenvalue weighted by Gasteiger charge is -2.24. The molecule has 1 amide bonds. The van der Waals surface area contributed by atoms with Gasteiger partial charge in [-0.05, 0) is 64.4 Å². The summed E-state index contributed by atoms with van der Waals surface area (Å²) < 4.78 is 11.1. The van der Waals surface area contributed by atoms with Gasteiger partial charge >= 0.3 is 0 Å². The zero-order valence-electron chi connectivity index (χ0n) is 14.5. The Morgan fingerprint density at radius 2 is 1.91 bits per heavy atom. The van der Waals surface area contributed by atoms with Crippen molar-refractivity contribution in [1.29, 1.82) is 0 Å². The number of carbonyl (C=O) groups is 1. The fraction of sp³-hybridized carbons (Fsp3) is 0.611. The average Bonchev–Trinajstić information content (AvgIpc) is 2.55. The van der Waals surface area contributed by atoms with Crippen LogP contribution in [0, 0.1) is 5.92 Å². The maximum Gasteiger partial charge on any atom is 0.223 e. The van der Waals surface area contributed by atoms with Gasteiger partial charge in [0.15, 0.2) is 11.5 Å². The normalized spacial score (nSPS) is 16.9. The molecule has 1 aliphatic rings. The van der Waals surface area contributed by atoms with Crippen molar-refractivity contribution in [2.24, 2.45) is 5.92 Å². The summed E-state index contributed by atoms with van der Waals surface area (Å²) in [5, 5.41) is 6.40. The third-order valence-corrected chi connectivity index (χ3v) is 4.12. The van der Waals surface area contributed by atoms with Crippen LogP contribution in [-0.2, 0) is 4.79 Å². The first kappa shape index (κ1) is 17.6. The highest BCUT2D eigenvalue weighted by atomic mass is 16.5. The van der Waals surface area contributed by atoms with E-state index in [1.165, 1.54) is 0 Å². The van der Waals surface area contributed by atoms with Crippen molar-refractivity contribution in [3.8, 4) is 11.5 Å². The molecule has 1 fully saturated rings. The Morgan fingerprint density at radius 1 is 1.22 bits per heavy atom. The molecule has 23 heavy (non-hydrogen) atoms. The molecular weight excluding hydrogens is 292 g/mol. The third kappa shape index (κ3) is 4.86. The van der Waals surface area contributed by atoms with Crippen LogP contribution in [0.2, 0.25) is 0 Å². The molecule has 0 aromatic heterocycles. The van der Waals surface area contributed by atoms with Crippen LogP contribution in [0.5, 0.6) is 11.5 Å². The summed E-state index contributed by atoms with van der Waals surface area (Å²) in [7, 11) is 1.63. The molecule has 0 bridgehead atoms. The van der Waals surface area contributed by atoms with Crippen LogP contribution < -0.4 is 20.1 Å². The lowest BCUT2D eigenvalue weighted by atomic mass is 9.96. The van der Waals surface area contributed by atoms with Crippen molar-refractivity contribution < 1.29 is 14.3 Å². The summed E-state index contributed by atoms with van der Waals surface area (Å²) in [6.45, 7) is 7.80. The van der Waals surface area contributed by atoms with E-state index in [1.54, 1.807) is 7.11 Å². The van der Waals surface area contributed by atoms with Crippen molar-refractivity contribution in [3.63, 3.8) is 0 Å². The average molecular weight is 320 g/mol. The SMILES string of the molecule is COc1cc(C(C)NC(=O)C2CCNCC2)ccc1OC(C)C. The summed E-state index contributed by atoms with van der Waals surface area (Å²) in [6, 6.07) is 5.76. The van der Waals surface area contributed by atoms with E-state index < -0.39 is 0 Å². The predicted molar refractivity (Wildman–Crippen MR) is 90.9 cm³/mol. The molecule has 0 spiro atoms. The van der Waals surface area contributed by atoms with Crippen LogP contribution in [0.4, 0.5) is 0 Å². The predicted octanol–water partition coefficient (Wildman–Crippen LogP) is 2.66. The summed E-state index contributed by atoms with van der Waals surface area (Å²) >= 11 is 0. The summed E-state index contributed by atoms with van der Waals surface area (Å²) in [5.74, 6) is 1.67. The highest BCUT2D eigenvalue weighted by Crippen LogP contribution is 2.31. The number of hydrogen-bond acceptors (Lipinski definition) is 4. The molecule has 1 atom stereocenters. The number of nitrogens with one attached hydrogen (secondary N) is 2. The fourth-order valence-electron chi connectivity index (χ4n) is 2.80. The molecule has 5 nitrogen and oxygen atoms in total. The molecule has 2 rings (SSSR count). The van der Waals surface area contributed by atoms with Gasteiger partial charge < -0.3 is 20.1 Å². The topological polar surface area (TPSA) is 59.6 Å². The van der Waals surface area contributed by atoms with E-state index >= 15 is 0 Å². The van der Waals surface area contributed by atoms with Crippen LogP contribution in [0.3, 0.4) is 0 Å². The quantitative estimate of drug-likeness (QED) is 0.846. The van der Waals surface area contributed by atoms with Crippen LogP contribution in [0.25, 0.3) is 0 Å². The number of hydrogen-bond donors (Lipinski definition) is 2. The Bertz CT molecular complexity index is 525. The Morgan fingerprint density at radius 3 is 2.52 bits per heavy atom. The van der Waals surface area contributed by atoms with Crippen molar-refractivity contribution in [3.05, 3.63) is 23.8 Å². The second kappa shape index (κ2) is 8.20. The van der Waals surface area contributed by atoms with Crippen molar-refractivity contribution >= 4 is 5.91 Å². The van der Waals surface area contributed by atoms with Gasteiger partial charge in [-0.1, -0.05) is 6.07 Å². The number of carbonyl (C=O) groups excluding carboxylic acids is 1. The molecule has 1 unspecified atom stereocenters. The maximum atomic E-state index is 12.4. The van der Waals surface area contributed by atoms with E-state index in [0.717, 1.165) is 37.2 Å². The molecule has 2 N–H and O–H groups in total. The van der Waals surface area contributed by atoms with E-state index in [4.69, 9.17) is 9.47 Å². The zero-order chi connectivity index (χ0) is 16.8. The highest BCUT2D eigenvalue weighted by molar-refractivity contribution is 5.79. The first-order chi connectivity index (χ1) is 11.0. The minimum atomic E-state index is -0.0561. The smallest absolute Gasteiger partial charge is 0.223 e. The molecule has 0 aliphatic carbocycles. The monoisotopic (exact) mass is 320 g/mol. The van der Waals surface area contributed by atoms with Crippen LogP contribution in [0.1, 0.15) is 45.2 Å². The third-order valence-electron chi connectivity index (χ3n) is 4.12. The van der Waals surface area contributed by atoms with Gasteiger partial charge in [0.1, 0.15) is 0 Å². The summed E-state index contributed by atoms with van der Waals surface area (Å²) in [4.78, 5) is 12.4. The first-order valence-corrected chi connectivity index (χ1v) is 8.37. The van der Waals surface area contributed by atoms with E-state index in [2.05, 4.69) is 10.6 Å². The zero-order valence-corrected chi connectivity index (χ0v) is 14.5. The Hall–Kier alpha value is -1.75. The van der Waals surface area contributed by atoms with Gasteiger partial charge in [0.2, 0.25) is 5.91 Å². The van der Waals surface area contributed by atoms with Crippen molar-refractivity contribution in [2.45, 2.75) is 45.8 Å². The molecule has 1 saturated heterocycles. The van der Waals surface area contributed by atoms with Gasteiger partial charge in [0.25, 0.3) is 0 Å². The lowest BCUT2D eigenvalue weighted by Crippen LogP contribution is -2.39. The van der Waals surface area contributed by atoms with E-state index in [1.807, 2.05) is 39.0 Å². The van der Waals surface area contributed by atoms with Crippen LogP contribution in [0.15, 0.2) is 18.2 Å². The molecule has 128 valence electrons. The van der Waals surface area contributed by atoms with Gasteiger partial charge in [-0.25, -0.2) is 0 Å². The largest absolute Gasteiger partial charge is 0.493 e. The van der Waals surface area contributed by atoms with Gasteiger partial charge in [-0.2, -0.15) is 0 Å². The van der Waals surface area contributed by atoms with E-state index in [-0.39, 0.29) is 24.0 Å². The number of amides is 1. The molecule has 1 heterocycles. The Balaban J connectivity index is 2.03. The summed E-state index contributed by atoms with van der Waals surface area (Å²) in [6.07, 6.45) is 1.90. The van der Waals surface area contributed by atoms with Crippen molar-refractivity contribution in [2.75, 3.05) is 20.2 Å². The minimum absolute atomic E-state index is 0.0561. The van der Waals surface area contributed by atoms with Crippen LogP contribution in [-0.4, -0.2) is 32.2 Å². The molecule has 5 heteroatoms. The number of benzene rings is 1. The number of piperidine rings is 1. The van der Waals surface area contributed by atoms with E-state index in [0.29, 0.717) is 5.75 Å². The molecule has 1 aromatic rings. The molecule has 1 aliphatic heterocycles. The summed E-state index contributed by atoms with van der Waals surface area (Å²) in [5.41, 5.74) is 1.01. The molecule has 0 radical (unpaired) electrons. The standard InChI is InChI=1S/C18H28N2O3/c1-12(2)23-16-6-5-15(11-17(16)22-4)13(3)20-18(21)14-7-9-19-10-8-14/h5-6,11-14,19H,7-10H2,1-4H3,(H,20,21). The number of methoxy groups -OCH3 is 1. The maximum absolute atomic E-state index is 12.4. The van der Waals surface area contributed by atoms with Crippen molar-refractivity contribution in [1.82, 2.24) is 10.6 Å². The van der Waals surface area contributed by atoms with Gasteiger partial charge in [-0.3, -0.25) is 4.79 Å². The fourth-order valence-corrected chi connectivity index (χ4v) is 2.80.